The van der Waals surface area contributed by atoms with Gasteiger partial charge in [0.25, 0.3) is 0 Å². The Bertz CT molecular complexity index is 2300. The molecule has 0 fully saturated rings. The number of pyridine rings is 1. The Labute approximate surface area is 247 Å². The molecule has 6 nitrogen and oxygen atoms in total. The molecule has 0 aliphatic carbocycles. The van der Waals surface area contributed by atoms with Crippen LogP contribution in [0.25, 0.3) is 72.3 Å². The van der Waals surface area contributed by atoms with E-state index in [4.69, 9.17) is 19.4 Å². The van der Waals surface area contributed by atoms with Gasteiger partial charge in [-0.25, -0.2) is 15.0 Å². The first kappa shape index (κ1) is 25.2. The summed E-state index contributed by atoms with van der Waals surface area (Å²) in [7, 11) is 0. The summed E-state index contributed by atoms with van der Waals surface area (Å²) in [5, 5.41) is 14.0. The number of benzene rings is 4. The Kier molecular flexibility index (Phi) is 5.43. The molecule has 0 atom stereocenters. The monoisotopic (exact) mass is 560 g/mol. The molecule has 8 rings (SSSR count). The van der Waals surface area contributed by atoms with Gasteiger partial charge in [0.15, 0.2) is 11.4 Å². The standard InChI is InChI=1S/C37H28N4O2/c1-37(2,3)23-19-22(20-24(21-23)41-29-15-7-4-11-25(29)26-14-10-18-38-36(26)41)35-39-32(27-12-5-8-16-30(27)42)34-33(40-35)28-13-6-9-17-31(28)43-34/h4-21,42H,1-3H3. The summed E-state index contributed by atoms with van der Waals surface area (Å²) in [4.78, 5) is 15.0. The van der Waals surface area contributed by atoms with E-state index >= 15 is 0 Å². The van der Waals surface area contributed by atoms with Crippen LogP contribution in [0, 0.1) is 0 Å². The Hall–Kier alpha value is -5.49. The predicted octanol–water partition coefficient (Wildman–Crippen LogP) is 9.21. The van der Waals surface area contributed by atoms with Crippen LogP contribution in [0.3, 0.4) is 0 Å². The van der Waals surface area contributed by atoms with Crippen LogP contribution in [-0.2, 0) is 5.41 Å². The van der Waals surface area contributed by atoms with E-state index in [2.05, 4.69) is 73.9 Å². The van der Waals surface area contributed by atoms with E-state index < -0.39 is 0 Å². The van der Waals surface area contributed by atoms with Gasteiger partial charge in [-0.3, -0.25) is 4.57 Å². The highest BCUT2D eigenvalue weighted by Crippen LogP contribution is 2.40. The quantitative estimate of drug-likeness (QED) is 0.233. The van der Waals surface area contributed by atoms with Crippen molar-refractivity contribution in [1.29, 1.82) is 0 Å². The Morgan fingerprint density at radius 2 is 1.49 bits per heavy atom. The molecule has 6 heteroatoms. The minimum atomic E-state index is -0.149. The highest BCUT2D eigenvalue weighted by Gasteiger charge is 2.23. The molecule has 0 bridgehead atoms. The SMILES string of the molecule is CC(C)(C)c1cc(-c2nc(-c3ccccc3O)c3oc4ccccc4c3n2)cc(-n2c3ccccc3c3cccnc32)c1. The van der Waals surface area contributed by atoms with Crippen LogP contribution in [0.2, 0.25) is 0 Å². The normalized spacial score (nSPS) is 12.2. The van der Waals surface area contributed by atoms with E-state index in [9.17, 15) is 5.11 Å². The summed E-state index contributed by atoms with van der Waals surface area (Å²) in [6, 6.07) is 34.1. The third-order valence-corrected chi connectivity index (χ3v) is 8.11. The van der Waals surface area contributed by atoms with Crippen LogP contribution in [0.4, 0.5) is 0 Å². The molecule has 0 unspecified atom stereocenters. The first-order valence-corrected chi connectivity index (χ1v) is 14.3. The van der Waals surface area contributed by atoms with E-state index in [0.717, 1.165) is 49.7 Å². The zero-order chi connectivity index (χ0) is 29.3. The van der Waals surface area contributed by atoms with E-state index in [0.29, 0.717) is 28.2 Å². The third-order valence-electron chi connectivity index (χ3n) is 8.11. The summed E-state index contributed by atoms with van der Waals surface area (Å²) >= 11 is 0. The molecule has 0 spiro atoms. The van der Waals surface area contributed by atoms with Crippen molar-refractivity contribution in [3.8, 4) is 34.1 Å². The minimum absolute atomic E-state index is 0.134. The van der Waals surface area contributed by atoms with Crippen molar-refractivity contribution >= 4 is 44.0 Å². The van der Waals surface area contributed by atoms with Crippen molar-refractivity contribution in [2.45, 2.75) is 26.2 Å². The van der Waals surface area contributed by atoms with Crippen molar-refractivity contribution in [3.63, 3.8) is 0 Å². The first-order chi connectivity index (χ1) is 20.9. The van der Waals surface area contributed by atoms with Crippen LogP contribution in [0.5, 0.6) is 5.75 Å². The number of furan rings is 1. The maximum atomic E-state index is 10.9. The molecule has 8 aromatic rings. The van der Waals surface area contributed by atoms with E-state index in [1.165, 1.54) is 0 Å². The topological polar surface area (TPSA) is 77.0 Å². The second-order valence-corrected chi connectivity index (χ2v) is 11.9. The molecule has 0 aliphatic heterocycles. The number of phenolic OH excluding ortho intramolecular Hbond substituents is 1. The predicted molar refractivity (Wildman–Crippen MR) is 173 cm³/mol. The van der Waals surface area contributed by atoms with Crippen molar-refractivity contribution in [1.82, 2.24) is 19.5 Å². The fraction of sp³-hybridized carbons (Fsp3) is 0.108. The van der Waals surface area contributed by atoms with Gasteiger partial charge in [0.1, 0.15) is 28.2 Å². The van der Waals surface area contributed by atoms with Gasteiger partial charge in [-0.1, -0.05) is 63.2 Å². The largest absolute Gasteiger partial charge is 0.507 e. The highest BCUT2D eigenvalue weighted by molar-refractivity contribution is 6.09. The van der Waals surface area contributed by atoms with Gasteiger partial charge in [0, 0.05) is 39.2 Å². The number of aromatic nitrogens is 4. The number of phenols is 1. The number of hydrogen-bond donors (Lipinski definition) is 1. The fourth-order valence-electron chi connectivity index (χ4n) is 5.94. The summed E-state index contributed by atoms with van der Waals surface area (Å²) < 4.78 is 8.51. The lowest BCUT2D eigenvalue weighted by Crippen LogP contribution is -2.12. The van der Waals surface area contributed by atoms with Gasteiger partial charge in [0.05, 0.1) is 5.52 Å². The minimum Gasteiger partial charge on any atom is -0.507 e. The van der Waals surface area contributed by atoms with Crippen molar-refractivity contribution in [3.05, 3.63) is 115 Å². The molecule has 0 saturated heterocycles. The molecule has 0 radical (unpaired) electrons. The number of nitrogens with zero attached hydrogens (tertiary/aromatic N) is 4. The molecule has 1 N–H and O–H groups in total. The van der Waals surface area contributed by atoms with Crippen LogP contribution in [-0.4, -0.2) is 24.6 Å². The molecule has 0 aliphatic rings. The lowest BCUT2D eigenvalue weighted by atomic mass is 9.85. The van der Waals surface area contributed by atoms with Gasteiger partial charge in [-0.2, -0.15) is 0 Å². The van der Waals surface area contributed by atoms with Crippen LogP contribution in [0.15, 0.2) is 114 Å². The number of para-hydroxylation sites is 3. The molecular formula is C37H28N4O2. The van der Waals surface area contributed by atoms with Crippen LogP contribution in [0.1, 0.15) is 26.3 Å². The highest BCUT2D eigenvalue weighted by atomic mass is 16.3. The molecule has 4 heterocycles. The third kappa shape index (κ3) is 3.98. The Balaban J connectivity index is 1.46. The summed E-state index contributed by atoms with van der Waals surface area (Å²) in [6.45, 7) is 6.63. The number of fused-ring (bicyclic) bond motifs is 6. The van der Waals surface area contributed by atoms with Crippen molar-refractivity contribution in [2.75, 3.05) is 0 Å². The second-order valence-electron chi connectivity index (χ2n) is 11.9. The first-order valence-electron chi connectivity index (χ1n) is 14.3. The molecule has 0 amide bonds. The van der Waals surface area contributed by atoms with Crippen molar-refractivity contribution in [2.24, 2.45) is 0 Å². The van der Waals surface area contributed by atoms with Gasteiger partial charge in [-0.15, -0.1) is 0 Å². The zero-order valence-corrected chi connectivity index (χ0v) is 24.0. The molecule has 208 valence electrons. The summed E-state index contributed by atoms with van der Waals surface area (Å²) in [5.74, 6) is 0.688. The van der Waals surface area contributed by atoms with E-state index in [1.54, 1.807) is 12.1 Å². The second kappa shape index (κ2) is 9.26. The fourth-order valence-corrected chi connectivity index (χ4v) is 5.94. The summed E-state index contributed by atoms with van der Waals surface area (Å²) in [5.41, 5.74) is 7.95. The maximum Gasteiger partial charge on any atom is 0.180 e. The Morgan fingerprint density at radius 1 is 0.744 bits per heavy atom. The molecular weight excluding hydrogens is 532 g/mol. The number of rotatable bonds is 3. The van der Waals surface area contributed by atoms with Gasteiger partial charge in [-0.05, 0) is 71.6 Å². The van der Waals surface area contributed by atoms with E-state index in [1.807, 2.05) is 48.7 Å². The molecule has 4 aromatic carbocycles. The van der Waals surface area contributed by atoms with Gasteiger partial charge in [0.2, 0.25) is 0 Å². The van der Waals surface area contributed by atoms with Gasteiger partial charge < -0.3 is 9.52 Å². The smallest absolute Gasteiger partial charge is 0.180 e. The van der Waals surface area contributed by atoms with E-state index in [-0.39, 0.29) is 11.2 Å². The lowest BCUT2D eigenvalue weighted by Gasteiger charge is -2.22. The summed E-state index contributed by atoms with van der Waals surface area (Å²) in [6.07, 6.45) is 1.84. The van der Waals surface area contributed by atoms with Crippen molar-refractivity contribution < 1.29 is 9.52 Å². The lowest BCUT2D eigenvalue weighted by molar-refractivity contribution is 0.477. The van der Waals surface area contributed by atoms with Crippen LogP contribution < -0.4 is 0 Å². The zero-order valence-electron chi connectivity index (χ0n) is 24.0. The number of aromatic hydroxyl groups is 1. The molecule has 4 aromatic heterocycles. The molecule has 43 heavy (non-hydrogen) atoms. The maximum absolute atomic E-state index is 10.9. The average Bonchev–Trinajstić information content (AvgIpc) is 3.56. The Morgan fingerprint density at radius 3 is 2.33 bits per heavy atom. The molecule has 0 saturated carbocycles. The number of hydrogen-bond acceptors (Lipinski definition) is 5. The van der Waals surface area contributed by atoms with Gasteiger partial charge >= 0.3 is 0 Å². The van der Waals surface area contributed by atoms with Crippen LogP contribution >= 0.6 is 0 Å². The average molecular weight is 561 g/mol.